The van der Waals surface area contributed by atoms with Gasteiger partial charge in [0.05, 0.1) is 0 Å². The lowest BCUT2D eigenvalue weighted by Gasteiger charge is -2.28. The third-order valence-corrected chi connectivity index (χ3v) is 14.4. The zero-order chi connectivity index (χ0) is 33.9. The van der Waals surface area contributed by atoms with Gasteiger partial charge in [0.25, 0.3) is 0 Å². The maximum Gasteiger partial charge on any atom is 0.0178 e. The van der Waals surface area contributed by atoms with Gasteiger partial charge in [-0.25, -0.2) is 0 Å². The molecule has 0 saturated heterocycles. The Kier molecular flexibility index (Phi) is 9.36. The molecule has 0 amide bonds. The van der Waals surface area contributed by atoms with Gasteiger partial charge in [0.2, 0.25) is 0 Å². The Hall–Kier alpha value is -4.94. The molecule has 242 valence electrons. The lowest BCUT2D eigenvalue weighted by Crippen LogP contribution is -2.26. The lowest BCUT2D eigenvalue weighted by atomic mass is 9.92. The van der Waals surface area contributed by atoms with Gasteiger partial charge in [-0.15, -0.1) is 0 Å². The standard InChI is InChI=1S/C46H38N2P2/c47-31-33-22-26-41-36(29-33)25-28-43(49(37-13-5-1-6-14-37)38-15-7-2-8-16-38)45(41)46-42-30-34(32-48)21-23-35(42)24-27-44(46)50(39-17-9-3-10-18-39)40-19-11-4-12-20-40/h1-30H,31-32,47-48H2. The van der Waals surface area contributed by atoms with E-state index in [-0.39, 0.29) is 0 Å². The Labute approximate surface area is 296 Å². The number of hydrogen-bond donors (Lipinski definition) is 2. The van der Waals surface area contributed by atoms with Gasteiger partial charge in [-0.2, -0.15) is 0 Å². The van der Waals surface area contributed by atoms with Crippen molar-refractivity contribution in [1.29, 1.82) is 0 Å². The first-order valence-electron chi connectivity index (χ1n) is 17.1. The van der Waals surface area contributed by atoms with Gasteiger partial charge in [0.1, 0.15) is 0 Å². The third kappa shape index (κ3) is 6.18. The molecule has 0 spiro atoms. The highest BCUT2D eigenvalue weighted by Crippen LogP contribution is 2.46. The van der Waals surface area contributed by atoms with Crippen LogP contribution in [0.25, 0.3) is 32.7 Å². The average molecular weight is 681 g/mol. The first kappa shape index (κ1) is 32.3. The summed E-state index contributed by atoms with van der Waals surface area (Å²) < 4.78 is 0. The Balaban J connectivity index is 1.56. The highest BCUT2D eigenvalue weighted by Gasteiger charge is 2.28. The Morgan fingerprint density at radius 3 is 1.18 bits per heavy atom. The van der Waals surface area contributed by atoms with Gasteiger partial charge < -0.3 is 11.5 Å². The monoisotopic (exact) mass is 680 g/mol. The maximum absolute atomic E-state index is 6.36. The molecule has 8 rings (SSSR count). The van der Waals surface area contributed by atoms with E-state index in [1.807, 2.05) is 0 Å². The second-order valence-corrected chi connectivity index (χ2v) is 16.8. The van der Waals surface area contributed by atoms with Crippen molar-refractivity contribution in [3.63, 3.8) is 0 Å². The van der Waals surface area contributed by atoms with Crippen LogP contribution in [-0.4, -0.2) is 0 Å². The predicted molar refractivity (Wildman–Crippen MR) is 220 cm³/mol. The molecule has 0 unspecified atom stereocenters. The van der Waals surface area contributed by atoms with Crippen LogP contribution in [0.3, 0.4) is 0 Å². The molecule has 0 saturated carbocycles. The van der Waals surface area contributed by atoms with Crippen LogP contribution < -0.4 is 43.3 Å². The summed E-state index contributed by atoms with van der Waals surface area (Å²) in [6.45, 7) is 0.981. The molecule has 4 heteroatoms. The number of rotatable bonds is 9. The van der Waals surface area contributed by atoms with Gasteiger partial charge in [-0.05, 0) is 104 Å². The molecule has 2 nitrogen and oxygen atoms in total. The zero-order valence-electron chi connectivity index (χ0n) is 27.8. The van der Waals surface area contributed by atoms with Crippen molar-refractivity contribution >= 4 is 69.2 Å². The van der Waals surface area contributed by atoms with E-state index in [0.717, 1.165) is 11.1 Å². The summed E-state index contributed by atoms with van der Waals surface area (Å²) in [6, 6.07) is 67.1. The maximum atomic E-state index is 6.36. The first-order valence-corrected chi connectivity index (χ1v) is 19.7. The summed E-state index contributed by atoms with van der Waals surface area (Å²) >= 11 is 0. The number of hydrogen-bond acceptors (Lipinski definition) is 2. The van der Waals surface area contributed by atoms with Gasteiger partial charge >= 0.3 is 0 Å². The summed E-state index contributed by atoms with van der Waals surface area (Å²) in [5, 5.41) is 12.9. The molecule has 0 atom stereocenters. The molecule has 0 heterocycles. The fraction of sp³-hybridized carbons (Fsp3) is 0.0435. The molecule has 0 aromatic heterocycles. The van der Waals surface area contributed by atoms with Crippen molar-refractivity contribution in [2.75, 3.05) is 0 Å². The fourth-order valence-electron chi connectivity index (χ4n) is 7.04. The molecule has 8 aromatic carbocycles. The van der Waals surface area contributed by atoms with Crippen LogP contribution in [0.5, 0.6) is 0 Å². The Morgan fingerprint density at radius 2 is 0.720 bits per heavy atom. The fourth-order valence-corrected chi connectivity index (χ4v) is 12.0. The second-order valence-electron chi connectivity index (χ2n) is 12.5. The topological polar surface area (TPSA) is 52.0 Å². The van der Waals surface area contributed by atoms with E-state index in [9.17, 15) is 0 Å². The van der Waals surface area contributed by atoms with Crippen LogP contribution in [0.2, 0.25) is 0 Å². The summed E-state index contributed by atoms with van der Waals surface area (Å²) in [7, 11) is -1.85. The van der Waals surface area contributed by atoms with Gasteiger partial charge in [-0.3, -0.25) is 0 Å². The van der Waals surface area contributed by atoms with Crippen molar-refractivity contribution in [2.24, 2.45) is 11.5 Å². The van der Waals surface area contributed by atoms with Crippen LogP contribution in [0, 0.1) is 0 Å². The van der Waals surface area contributed by atoms with E-state index in [0.29, 0.717) is 13.1 Å². The SMILES string of the molecule is NCc1ccc2c(-c3c(P(c4ccccc4)c4ccccc4)ccc4ccc(CN)cc34)c(P(c3ccccc3)c3ccccc3)ccc2c1. The Morgan fingerprint density at radius 1 is 0.340 bits per heavy atom. The minimum atomic E-state index is -0.926. The largest absolute Gasteiger partial charge is 0.326 e. The van der Waals surface area contributed by atoms with E-state index in [1.165, 1.54) is 64.5 Å². The first-order chi connectivity index (χ1) is 24.7. The number of fused-ring (bicyclic) bond motifs is 2. The molecule has 0 aliphatic heterocycles. The van der Waals surface area contributed by atoms with Crippen LogP contribution in [-0.2, 0) is 13.1 Å². The van der Waals surface area contributed by atoms with Crippen LogP contribution in [0.1, 0.15) is 11.1 Å². The summed E-state index contributed by atoms with van der Waals surface area (Å²) in [5.74, 6) is 0. The van der Waals surface area contributed by atoms with Crippen molar-refractivity contribution in [1.82, 2.24) is 0 Å². The van der Waals surface area contributed by atoms with Crippen molar-refractivity contribution in [3.05, 3.63) is 193 Å². The third-order valence-electron chi connectivity index (χ3n) is 9.39. The molecule has 0 aliphatic rings. The summed E-state index contributed by atoms with van der Waals surface area (Å²) in [5.41, 5.74) is 17.4. The molecule has 0 fully saturated rings. The smallest absolute Gasteiger partial charge is 0.0178 e. The van der Waals surface area contributed by atoms with E-state index < -0.39 is 15.8 Å². The van der Waals surface area contributed by atoms with Crippen molar-refractivity contribution < 1.29 is 0 Å². The van der Waals surface area contributed by atoms with Gasteiger partial charge in [0, 0.05) is 13.1 Å². The van der Waals surface area contributed by atoms with Crippen LogP contribution >= 0.6 is 15.8 Å². The molecular weight excluding hydrogens is 642 g/mol. The highest BCUT2D eigenvalue weighted by atomic mass is 31.1. The number of nitrogens with two attached hydrogens (primary N) is 2. The average Bonchev–Trinajstić information content (AvgIpc) is 3.19. The van der Waals surface area contributed by atoms with E-state index in [1.54, 1.807) is 0 Å². The number of benzene rings is 8. The minimum absolute atomic E-state index is 0.481. The zero-order valence-corrected chi connectivity index (χ0v) is 29.6. The summed E-state index contributed by atoms with van der Waals surface area (Å²) in [6.07, 6.45) is 0. The van der Waals surface area contributed by atoms with Crippen LogP contribution in [0.4, 0.5) is 0 Å². The minimum Gasteiger partial charge on any atom is -0.326 e. The molecule has 0 aliphatic carbocycles. The molecule has 0 bridgehead atoms. The van der Waals surface area contributed by atoms with Gasteiger partial charge in [-0.1, -0.05) is 170 Å². The van der Waals surface area contributed by atoms with Crippen molar-refractivity contribution in [3.8, 4) is 11.1 Å². The van der Waals surface area contributed by atoms with Gasteiger partial charge in [0.15, 0.2) is 0 Å². The summed E-state index contributed by atoms with van der Waals surface area (Å²) in [4.78, 5) is 0. The molecule has 0 radical (unpaired) electrons. The van der Waals surface area contributed by atoms with Crippen molar-refractivity contribution in [2.45, 2.75) is 13.1 Å². The molecule has 4 N–H and O–H groups in total. The highest BCUT2D eigenvalue weighted by molar-refractivity contribution is 7.80. The lowest BCUT2D eigenvalue weighted by molar-refractivity contribution is 1.08. The normalized spacial score (nSPS) is 11.5. The predicted octanol–water partition coefficient (Wildman–Crippen LogP) is 8.09. The molecule has 50 heavy (non-hydrogen) atoms. The Bertz CT molecular complexity index is 2320. The van der Waals surface area contributed by atoms with E-state index in [2.05, 4.69) is 182 Å². The van der Waals surface area contributed by atoms with Crippen LogP contribution in [0.15, 0.2) is 182 Å². The van der Waals surface area contributed by atoms with E-state index in [4.69, 9.17) is 11.5 Å². The molecular formula is C46H38N2P2. The quantitative estimate of drug-likeness (QED) is 0.152. The molecule has 8 aromatic rings. The van der Waals surface area contributed by atoms with E-state index >= 15 is 0 Å². The second kappa shape index (κ2) is 14.5.